The summed E-state index contributed by atoms with van der Waals surface area (Å²) in [6, 6.07) is 8.26. The summed E-state index contributed by atoms with van der Waals surface area (Å²) in [4.78, 5) is 5.60. The number of hydrogen-bond acceptors (Lipinski definition) is 4. The minimum atomic E-state index is 0.233. The van der Waals surface area contributed by atoms with Crippen LogP contribution in [0.1, 0.15) is 11.3 Å². The number of imidazole rings is 1. The Kier molecular flexibility index (Phi) is 2.94. The highest BCUT2D eigenvalue weighted by molar-refractivity contribution is 7.15. The van der Waals surface area contributed by atoms with E-state index in [9.17, 15) is 0 Å². The minimum absolute atomic E-state index is 0.233. The highest BCUT2D eigenvalue weighted by Gasteiger charge is 2.21. The number of nitrogens with zero attached hydrogens (tertiary/aromatic N) is 2. The molecule has 1 aromatic carbocycles. The normalized spacial score (nSPS) is 17.3. The van der Waals surface area contributed by atoms with Crippen LogP contribution in [0.2, 0.25) is 0 Å². The van der Waals surface area contributed by atoms with Crippen molar-refractivity contribution in [2.24, 2.45) is 0 Å². The lowest BCUT2D eigenvalue weighted by molar-refractivity contribution is 0.227. The molecule has 4 rings (SSSR count). The van der Waals surface area contributed by atoms with Gasteiger partial charge in [-0.25, -0.2) is 4.98 Å². The Hall–Kier alpha value is -1.85. The van der Waals surface area contributed by atoms with Crippen LogP contribution < -0.4 is 10.1 Å². The van der Waals surface area contributed by atoms with Gasteiger partial charge in [-0.3, -0.25) is 4.40 Å². The molecule has 1 atom stereocenters. The zero-order chi connectivity index (χ0) is 13.4. The maximum Gasteiger partial charge on any atom is 0.193 e. The molecule has 1 unspecified atom stereocenters. The van der Waals surface area contributed by atoms with Crippen LogP contribution in [-0.4, -0.2) is 22.0 Å². The molecule has 0 saturated carbocycles. The molecule has 0 saturated heterocycles. The molecule has 1 N–H and O–H groups in total. The number of benzene rings is 1. The fraction of sp³-hybridized carbons (Fsp3) is 0.267. The molecule has 3 heterocycles. The van der Waals surface area contributed by atoms with Crippen molar-refractivity contribution in [3.05, 3.63) is 53.3 Å². The van der Waals surface area contributed by atoms with E-state index in [0.717, 1.165) is 35.9 Å². The lowest BCUT2D eigenvalue weighted by atomic mass is 10.1. The van der Waals surface area contributed by atoms with Crippen molar-refractivity contribution >= 4 is 16.3 Å². The van der Waals surface area contributed by atoms with Gasteiger partial charge in [-0.15, -0.1) is 11.3 Å². The number of hydrogen-bond donors (Lipinski definition) is 1. The first-order chi connectivity index (χ1) is 9.88. The van der Waals surface area contributed by atoms with Gasteiger partial charge in [0.1, 0.15) is 11.9 Å². The summed E-state index contributed by atoms with van der Waals surface area (Å²) in [6.07, 6.45) is 5.33. The zero-order valence-corrected chi connectivity index (χ0v) is 11.8. The Morgan fingerprint density at radius 3 is 3.25 bits per heavy atom. The van der Waals surface area contributed by atoms with Crippen molar-refractivity contribution in [2.45, 2.75) is 19.1 Å². The molecule has 0 spiro atoms. The van der Waals surface area contributed by atoms with E-state index >= 15 is 0 Å². The molecule has 0 fully saturated rings. The van der Waals surface area contributed by atoms with Gasteiger partial charge in [0.05, 0.1) is 5.69 Å². The Bertz CT molecular complexity index is 680. The maximum absolute atomic E-state index is 5.90. The summed E-state index contributed by atoms with van der Waals surface area (Å²) in [5.74, 6) is 1.03. The molecule has 0 aliphatic carbocycles. The van der Waals surface area contributed by atoms with Gasteiger partial charge in [0, 0.05) is 37.3 Å². The zero-order valence-electron chi connectivity index (χ0n) is 11.0. The van der Waals surface area contributed by atoms with Gasteiger partial charge in [-0.1, -0.05) is 18.2 Å². The second-order valence-electron chi connectivity index (χ2n) is 5.01. The standard InChI is InChI=1S/C15H15N3OS/c1-2-4-14-11(3-1)7-13(19-14)9-16-8-12-10-18-5-6-20-15(18)17-12/h1-6,10,13,16H,7-9H2. The van der Waals surface area contributed by atoms with Crippen LogP contribution >= 0.6 is 11.3 Å². The minimum Gasteiger partial charge on any atom is -0.488 e. The summed E-state index contributed by atoms with van der Waals surface area (Å²) in [5.41, 5.74) is 2.38. The highest BCUT2D eigenvalue weighted by Crippen LogP contribution is 2.27. The third kappa shape index (κ3) is 2.19. The van der Waals surface area contributed by atoms with E-state index in [0.29, 0.717) is 0 Å². The predicted octanol–water partition coefficient (Wildman–Crippen LogP) is 2.49. The van der Waals surface area contributed by atoms with Crippen LogP contribution in [0.25, 0.3) is 4.96 Å². The summed E-state index contributed by atoms with van der Waals surface area (Å²) in [5, 5.41) is 5.48. The van der Waals surface area contributed by atoms with Crippen LogP contribution in [0.15, 0.2) is 42.0 Å². The fourth-order valence-electron chi connectivity index (χ4n) is 2.59. The molecule has 0 amide bonds. The molecule has 20 heavy (non-hydrogen) atoms. The maximum atomic E-state index is 5.90. The molecular weight excluding hydrogens is 270 g/mol. The Balaban J connectivity index is 1.33. The second-order valence-corrected chi connectivity index (χ2v) is 5.88. The number of aromatic nitrogens is 2. The van der Waals surface area contributed by atoms with Gasteiger partial charge in [-0.2, -0.15) is 0 Å². The number of nitrogens with one attached hydrogen (secondary N) is 1. The van der Waals surface area contributed by atoms with Gasteiger partial charge in [-0.05, 0) is 11.6 Å². The summed E-state index contributed by atoms with van der Waals surface area (Å²) in [6.45, 7) is 1.63. The molecule has 3 aromatic rings. The Labute approximate surface area is 121 Å². The highest BCUT2D eigenvalue weighted by atomic mass is 32.1. The van der Waals surface area contributed by atoms with Gasteiger partial charge in [0.15, 0.2) is 4.96 Å². The topological polar surface area (TPSA) is 38.6 Å². The van der Waals surface area contributed by atoms with Crippen molar-refractivity contribution in [1.29, 1.82) is 0 Å². The van der Waals surface area contributed by atoms with Crippen molar-refractivity contribution < 1.29 is 4.74 Å². The van der Waals surface area contributed by atoms with Gasteiger partial charge >= 0.3 is 0 Å². The SMILES string of the molecule is c1ccc2c(c1)CC(CNCc1cn3ccsc3n1)O2. The first-order valence-electron chi connectivity index (χ1n) is 6.75. The first kappa shape index (κ1) is 11.9. The van der Waals surface area contributed by atoms with Crippen LogP contribution in [0.3, 0.4) is 0 Å². The molecule has 5 heteroatoms. The largest absolute Gasteiger partial charge is 0.488 e. The third-order valence-corrected chi connectivity index (χ3v) is 4.31. The third-order valence-electron chi connectivity index (χ3n) is 3.54. The van der Waals surface area contributed by atoms with E-state index in [2.05, 4.69) is 33.0 Å². The molecule has 0 radical (unpaired) electrons. The van der Waals surface area contributed by atoms with E-state index in [1.807, 2.05) is 23.7 Å². The second kappa shape index (κ2) is 4.92. The average molecular weight is 285 g/mol. The summed E-state index contributed by atoms with van der Waals surface area (Å²) in [7, 11) is 0. The smallest absolute Gasteiger partial charge is 0.193 e. The number of para-hydroxylation sites is 1. The van der Waals surface area contributed by atoms with Crippen LogP contribution in [0, 0.1) is 0 Å². The quantitative estimate of drug-likeness (QED) is 0.800. The van der Waals surface area contributed by atoms with Crippen LogP contribution in [0.4, 0.5) is 0 Å². The van der Waals surface area contributed by atoms with E-state index < -0.39 is 0 Å². The average Bonchev–Trinajstić information content (AvgIpc) is 3.10. The van der Waals surface area contributed by atoms with Crippen molar-refractivity contribution in [3.8, 4) is 5.75 Å². The summed E-state index contributed by atoms with van der Waals surface area (Å²) >= 11 is 1.66. The van der Waals surface area contributed by atoms with Gasteiger partial charge in [0.25, 0.3) is 0 Å². The fourth-order valence-corrected chi connectivity index (χ4v) is 3.31. The van der Waals surface area contributed by atoms with E-state index in [1.54, 1.807) is 11.3 Å². The number of ether oxygens (including phenoxy) is 1. The molecule has 1 aliphatic rings. The lowest BCUT2D eigenvalue weighted by Crippen LogP contribution is -2.29. The molecule has 102 valence electrons. The Morgan fingerprint density at radius 1 is 1.40 bits per heavy atom. The van der Waals surface area contributed by atoms with Crippen molar-refractivity contribution in [2.75, 3.05) is 6.54 Å². The van der Waals surface area contributed by atoms with E-state index in [4.69, 9.17) is 4.74 Å². The van der Waals surface area contributed by atoms with Crippen molar-refractivity contribution in [3.63, 3.8) is 0 Å². The monoisotopic (exact) mass is 285 g/mol. The predicted molar refractivity (Wildman–Crippen MR) is 79.3 cm³/mol. The van der Waals surface area contributed by atoms with Gasteiger partial charge < -0.3 is 10.1 Å². The van der Waals surface area contributed by atoms with Crippen molar-refractivity contribution in [1.82, 2.24) is 14.7 Å². The lowest BCUT2D eigenvalue weighted by Gasteiger charge is -2.10. The molecule has 0 bridgehead atoms. The number of fused-ring (bicyclic) bond motifs is 2. The molecular formula is C15H15N3OS. The number of rotatable bonds is 4. The van der Waals surface area contributed by atoms with E-state index in [-0.39, 0.29) is 6.10 Å². The Morgan fingerprint density at radius 2 is 2.35 bits per heavy atom. The first-order valence-corrected chi connectivity index (χ1v) is 7.63. The van der Waals surface area contributed by atoms with Crippen LogP contribution in [-0.2, 0) is 13.0 Å². The number of thiazole rings is 1. The van der Waals surface area contributed by atoms with E-state index in [1.165, 1.54) is 5.56 Å². The van der Waals surface area contributed by atoms with Crippen LogP contribution in [0.5, 0.6) is 5.75 Å². The molecule has 2 aromatic heterocycles. The molecule has 1 aliphatic heterocycles. The molecule has 4 nitrogen and oxygen atoms in total. The summed E-state index contributed by atoms with van der Waals surface area (Å²) < 4.78 is 7.96. The van der Waals surface area contributed by atoms with Gasteiger partial charge in [0.2, 0.25) is 0 Å².